The maximum absolute atomic E-state index is 4.64. The fourth-order valence-electron chi connectivity index (χ4n) is 0. The van der Waals surface area contributed by atoms with E-state index in [0.29, 0.717) is 0 Å². The normalized spacial score (nSPS) is 4.40. The van der Waals surface area contributed by atoms with Gasteiger partial charge in [-0.1, -0.05) is 13.1 Å². The third kappa shape index (κ3) is 36.3. The molecule has 0 aromatic heterocycles. The van der Waals surface area contributed by atoms with Crippen LogP contribution < -0.4 is 0 Å². The van der Waals surface area contributed by atoms with E-state index in [-0.39, 0.29) is 0 Å². The van der Waals surface area contributed by atoms with Gasteiger partial charge in [-0.25, -0.2) is 0 Å². The molecule has 0 aliphatic heterocycles. The van der Waals surface area contributed by atoms with Crippen molar-refractivity contribution in [2.24, 2.45) is 0 Å². The van der Waals surface area contributed by atoms with Crippen LogP contribution in [-0.4, -0.2) is 9.52 Å². The summed E-state index contributed by atoms with van der Waals surface area (Å²) >= 11 is 1.47. The van der Waals surface area contributed by atoms with Crippen molar-refractivity contribution in [3.8, 4) is 0 Å². The quantitative estimate of drug-likeness (QED) is 0.446. The van der Waals surface area contributed by atoms with Crippen molar-refractivity contribution >= 4 is 18.8 Å². The van der Waals surface area contributed by atoms with E-state index in [2.05, 4.69) is 22.4 Å². The fourth-order valence-corrected chi connectivity index (χ4v) is 0. The molecule has 1 radical (unpaired) electrons. The number of hydrogen-bond donors (Lipinski definition) is 0. The summed E-state index contributed by atoms with van der Waals surface area (Å²) in [5.74, 6) is 0. The summed E-state index contributed by atoms with van der Waals surface area (Å²) in [5, 5.41) is 0. The van der Waals surface area contributed by atoms with Crippen LogP contribution >= 0.6 is 9.30 Å². The molecular formula is C2H7ClSiTi. The van der Waals surface area contributed by atoms with Gasteiger partial charge in [0.1, 0.15) is 0 Å². The van der Waals surface area contributed by atoms with E-state index < -0.39 is 0 Å². The zero-order valence-electron chi connectivity index (χ0n) is 3.46. The van der Waals surface area contributed by atoms with Crippen LogP contribution in [0.2, 0.25) is 13.1 Å². The minimum atomic E-state index is 0.750. The van der Waals surface area contributed by atoms with E-state index in [1.165, 1.54) is 19.4 Å². The molecule has 0 aliphatic carbocycles. The Morgan fingerprint density at radius 2 is 1.40 bits per heavy atom. The van der Waals surface area contributed by atoms with Gasteiger partial charge in [0.2, 0.25) is 0 Å². The Morgan fingerprint density at radius 1 is 1.40 bits per heavy atom. The first kappa shape index (κ1) is 9.52. The van der Waals surface area contributed by atoms with E-state index in [1.54, 1.807) is 0 Å². The zero-order valence-corrected chi connectivity index (χ0v) is 6.93. The van der Waals surface area contributed by atoms with Crippen LogP contribution in [0.4, 0.5) is 0 Å². The molecule has 0 bridgehead atoms. The van der Waals surface area contributed by atoms with Crippen molar-refractivity contribution in [3.63, 3.8) is 0 Å². The Balaban J connectivity index is 0. The molecule has 0 N–H and O–H groups in total. The van der Waals surface area contributed by atoms with Crippen LogP contribution in [0.3, 0.4) is 0 Å². The maximum atomic E-state index is 4.64. The van der Waals surface area contributed by atoms with Crippen molar-refractivity contribution < 1.29 is 19.4 Å². The van der Waals surface area contributed by atoms with Gasteiger partial charge < -0.3 is 0 Å². The second-order valence-electron chi connectivity index (χ2n) is 0.577. The molecular weight excluding hydrogens is 135 g/mol. The molecule has 0 rings (SSSR count). The Kier molecular flexibility index (Phi) is 35.9. The van der Waals surface area contributed by atoms with Crippen LogP contribution in [0.1, 0.15) is 0 Å². The monoisotopic (exact) mass is 142 g/mol. The molecule has 0 heterocycles. The van der Waals surface area contributed by atoms with Crippen LogP contribution in [0.5, 0.6) is 0 Å². The summed E-state index contributed by atoms with van der Waals surface area (Å²) < 4.78 is 0. The van der Waals surface area contributed by atoms with Crippen molar-refractivity contribution in [3.05, 3.63) is 0 Å². The molecule has 0 aliphatic rings. The van der Waals surface area contributed by atoms with Gasteiger partial charge in [-0.3, -0.25) is 0 Å². The molecule has 0 amide bonds. The van der Waals surface area contributed by atoms with Crippen LogP contribution in [0.15, 0.2) is 0 Å². The first-order chi connectivity index (χ1) is 2.41. The van der Waals surface area contributed by atoms with E-state index in [4.69, 9.17) is 0 Å². The van der Waals surface area contributed by atoms with Crippen molar-refractivity contribution in [1.29, 1.82) is 0 Å². The molecule has 0 unspecified atom stereocenters. The van der Waals surface area contributed by atoms with Crippen LogP contribution in [0, 0.1) is 0 Å². The van der Waals surface area contributed by atoms with Gasteiger partial charge >= 0.3 is 28.7 Å². The molecule has 0 aromatic rings. The van der Waals surface area contributed by atoms with Crippen LogP contribution in [-0.2, 0) is 19.4 Å². The topological polar surface area (TPSA) is 0 Å². The second-order valence-corrected chi connectivity index (χ2v) is 1.73. The Bertz CT molecular complexity index is 9.61. The van der Waals surface area contributed by atoms with Gasteiger partial charge in [-0.2, -0.15) is 0 Å². The standard InChI is InChI=1S/C2H7Si.ClH.Ti/c1-3-2;;/h3H,1-2H3;1H;/q;;+1/p-1. The van der Waals surface area contributed by atoms with E-state index >= 15 is 0 Å². The third-order valence-corrected chi connectivity index (χ3v) is 0. The first-order valence-electron chi connectivity index (χ1n) is 1.34. The van der Waals surface area contributed by atoms with E-state index in [9.17, 15) is 0 Å². The summed E-state index contributed by atoms with van der Waals surface area (Å²) in [7, 11) is 5.39. The van der Waals surface area contributed by atoms with Crippen molar-refractivity contribution in [2.75, 3.05) is 0 Å². The fraction of sp³-hybridized carbons (Fsp3) is 1.00. The number of rotatable bonds is 0. The zero-order chi connectivity index (χ0) is 4.71. The van der Waals surface area contributed by atoms with Crippen LogP contribution in [0.25, 0.3) is 0 Å². The van der Waals surface area contributed by atoms with Crippen molar-refractivity contribution in [2.45, 2.75) is 13.1 Å². The Morgan fingerprint density at radius 3 is 1.40 bits per heavy atom. The van der Waals surface area contributed by atoms with Gasteiger partial charge in [-0.15, -0.1) is 0 Å². The number of halogens is 1. The van der Waals surface area contributed by atoms with E-state index in [0.717, 1.165) is 9.52 Å². The SMILES string of the molecule is C[SiH]C.[Cl][Ti]. The first-order valence-corrected chi connectivity index (χ1v) is 5.80. The number of hydrogen-bond acceptors (Lipinski definition) is 0. The summed E-state index contributed by atoms with van der Waals surface area (Å²) in [6, 6.07) is 0. The summed E-state index contributed by atoms with van der Waals surface area (Å²) in [5.41, 5.74) is 0. The van der Waals surface area contributed by atoms with Gasteiger partial charge in [0.15, 0.2) is 0 Å². The molecule has 0 nitrogen and oxygen atoms in total. The predicted octanol–water partition coefficient (Wildman–Crippen LogP) is 1.21. The average molecular weight is 142 g/mol. The molecule has 30 valence electrons. The molecule has 0 aromatic carbocycles. The molecule has 0 spiro atoms. The van der Waals surface area contributed by atoms with Gasteiger partial charge in [0.05, 0.1) is 0 Å². The third-order valence-electron chi connectivity index (χ3n) is 0. The Labute approximate surface area is 51.4 Å². The molecule has 0 fully saturated rings. The summed E-state index contributed by atoms with van der Waals surface area (Å²) in [4.78, 5) is 0. The molecule has 0 atom stereocenters. The van der Waals surface area contributed by atoms with E-state index in [1.807, 2.05) is 0 Å². The van der Waals surface area contributed by atoms with Gasteiger partial charge in [-0.05, 0) is 0 Å². The molecule has 0 saturated heterocycles. The van der Waals surface area contributed by atoms with Gasteiger partial charge in [0.25, 0.3) is 0 Å². The molecule has 3 heteroatoms. The average Bonchev–Trinajstić information content (AvgIpc) is 1.46. The van der Waals surface area contributed by atoms with Crippen molar-refractivity contribution in [1.82, 2.24) is 0 Å². The Hall–Kier alpha value is 1.22. The summed E-state index contributed by atoms with van der Waals surface area (Å²) in [6.45, 7) is 4.42. The minimum absolute atomic E-state index is 0.750. The second kappa shape index (κ2) is 18.9. The molecule has 0 saturated carbocycles. The summed E-state index contributed by atoms with van der Waals surface area (Å²) in [6.07, 6.45) is 0. The predicted molar refractivity (Wildman–Crippen MR) is 24.7 cm³/mol. The van der Waals surface area contributed by atoms with Gasteiger partial charge in [0, 0.05) is 9.52 Å². The molecule has 5 heavy (non-hydrogen) atoms.